The molecule has 1 N–H and O–H groups in total. The molecule has 96 valence electrons. The Labute approximate surface area is 103 Å². The lowest BCUT2D eigenvalue weighted by molar-refractivity contribution is 0.323. The Kier molecular flexibility index (Phi) is 5.44. The highest BCUT2D eigenvalue weighted by atomic mass is 32.2. The second kappa shape index (κ2) is 6.61. The van der Waals surface area contributed by atoms with Gasteiger partial charge in [-0.3, -0.25) is 0 Å². The molecule has 4 nitrogen and oxygen atoms in total. The van der Waals surface area contributed by atoms with Gasteiger partial charge in [-0.25, -0.2) is 13.1 Å². The van der Waals surface area contributed by atoms with Crippen molar-refractivity contribution in [3.63, 3.8) is 0 Å². The number of rotatable bonds is 7. The predicted octanol–water partition coefficient (Wildman–Crippen LogP) is 1.57. The summed E-state index contributed by atoms with van der Waals surface area (Å²) in [5, 5.41) is 0. The van der Waals surface area contributed by atoms with E-state index >= 15 is 0 Å². The van der Waals surface area contributed by atoms with Crippen LogP contribution in [0.4, 0.5) is 0 Å². The molecule has 1 aromatic rings. The summed E-state index contributed by atoms with van der Waals surface area (Å²) in [5.74, 6) is 0.764. The quantitative estimate of drug-likeness (QED) is 0.754. The van der Waals surface area contributed by atoms with Crippen molar-refractivity contribution in [1.29, 1.82) is 0 Å². The van der Waals surface area contributed by atoms with E-state index in [1.54, 1.807) is 0 Å². The van der Waals surface area contributed by atoms with Gasteiger partial charge in [0.25, 0.3) is 0 Å². The molecule has 0 aromatic heterocycles. The third-order valence-corrected chi connectivity index (χ3v) is 2.93. The van der Waals surface area contributed by atoms with Crippen molar-refractivity contribution in [2.75, 3.05) is 19.4 Å². The van der Waals surface area contributed by atoms with Crippen molar-refractivity contribution in [2.24, 2.45) is 0 Å². The monoisotopic (exact) mass is 257 g/mol. The molecule has 0 aliphatic rings. The lowest BCUT2D eigenvalue weighted by atomic mass is 10.1. The lowest BCUT2D eigenvalue weighted by Crippen LogP contribution is -2.26. The van der Waals surface area contributed by atoms with Crippen molar-refractivity contribution >= 4 is 10.0 Å². The molecule has 5 heteroatoms. The first-order valence-corrected chi connectivity index (χ1v) is 7.57. The van der Waals surface area contributed by atoms with Gasteiger partial charge in [-0.15, -0.1) is 0 Å². The molecule has 1 rings (SSSR count). The Morgan fingerprint density at radius 3 is 2.41 bits per heavy atom. The van der Waals surface area contributed by atoms with Crippen molar-refractivity contribution in [1.82, 2.24) is 4.72 Å². The van der Waals surface area contributed by atoms with Crippen LogP contribution in [0.1, 0.15) is 18.9 Å². The van der Waals surface area contributed by atoms with Gasteiger partial charge in [0.05, 0.1) is 6.26 Å². The van der Waals surface area contributed by atoms with Gasteiger partial charge in [0.1, 0.15) is 12.4 Å². The fourth-order valence-corrected chi connectivity index (χ4v) is 1.89. The highest BCUT2D eigenvalue weighted by Crippen LogP contribution is 2.12. The summed E-state index contributed by atoms with van der Waals surface area (Å²) in [7, 11) is -3.12. The zero-order valence-electron chi connectivity index (χ0n) is 10.3. The van der Waals surface area contributed by atoms with Crippen molar-refractivity contribution in [3.05, 3.63) is 29.8 Å². The van der Waals surface area contributed by atoms with Gasteiger partial charge in [-0.1, -0.05) is 25.5 Å². The largest absolute Gasteiger partial charge is 0.492 e. The third-order valence-electron chi connectivity index (χ3n) is 2.20. The number of nitrogens with one attached hydrogen (secondary N) is 1. The standard InChI is InChI=1S/C12H19NO3S/c1-3-4-11-5-7-12(8-6-11)16-10-9-13-17(2,14)15/h5-8,13H,3-4,9-10H2,1-2H3. The molecule has 0 aliphatic heterocycles. The van der Waals surface area contributed by atoms with Crippen LogP contribution in [0.15, 0.2) is 24.3 Å². The molecule has 0 unspecified atom stereocenters. The fraction of sp³-hybridized carbons (Fsp3) is 0.500. The van der Waals surface area contributed by atoms with E-state index in [4.69, 9.17) is 4.74 Å². The molecule has 17 heavy (non-hydrogen) atoms. The molecule has 0 bridgehead atoms. The van der Waals surface area contributed by atoms with Crippen LogP contribution in [0.25, 0.3) is 0 Å². The Balaban J connectivity index is 2.32. The maximum Gasteiger partial charge on any atom is 0.208 e. The van der Waals surface area contributed by atoms with E-state index in [0.29, 0.717) is 6.61 Å². The number of sulfonamides is 1. The summed E-state index contributed by atoms with van der Waals surface area (Å²) in [6, 6.07) is 7.88. The maximum atomic E-state index is 10.8. The van der Waals surface area contributed by atoms with Crippen LogP contribution < -0.4 is 9.46 Å². The second-order valence-electron chi connectivity index (χ2n) is 3.91. The molecular formula is C12H19NO3S. The minimum absolute atomic E-state index is 0.287. The van der Waals surface area contributed by atoms with E-state index in [0.717, 1.165) is 24.8 Å². The van der Waals surface area contributed by atoms with Crippen LogP contribution in [-0.2, 0) is 16.4 Å². The van der Waals surface area contributed by atoms with Gasteiger partial charge < -0.3 is 4.74 Å². The average Bonchev–Trinajstić information content (AvgIpc) is 2.26. The molecule has 0 radical (unpaired) electrons. The summed E-state index contributed by atoms with van der Waals surface area (Å²) in [6.45, 7) is 2.76. The number of benzene rings is 1. The van der Waals surface area contributed by atoms with Gasteiger partial charge in [0.2, 0.25) is 10.0 Å². The van der Waals surface area contributed by atoms with Gasteiger partial charge >= 0.3 is 0 Å². The number of aryl methyl sites for hydroxylation is 1. The Morgan fingerprint density at radius 2 is 1.88 bits per heavy atom. The second-order valence-corrected chi connectivity index (χ2v) is 5.74. The minimum Gasteiger partial charge on any atom is -0.492 e. The van der Waals surface area contributed by atoms with E-state index in [1.807, 2.05) is 24.3 Å². The van der Waals surface area contributed by atoms with Gasteiger partial charge in [0, 0.05) is 6.54 Å². The first kappa shape index (κ1) is 14.0. The average molecular weight is 257 g/mol. The summed E-state index contributed by atoms with van der Waals surface area (Å²) < 4.78 is 29.4. The molecule has 0 spiro atoms. The van der Waals surface area contributed by atoms with Gasteiger partial charge in [-0.2, -0.15) is 0 Å². The van der Waals surface area contributed by atoms with Crippen LogP contribution in [-0.4, -0.2) is 27.8 Å². The normalized spacial score (nSPS) is 11.4. The van der Waals surface area contributed by atoms with E-state index < -0.39 is 10.0 Å². The molecule has 0 atom stereocenters. The molecule has 0 fully saturated rings. The molecular weight excluding hydrogens is 238 g/mol. The molecule has 0 aliphatic carbocycles. The molecule has 0 heterocycles. The van der Waals surface area contributed by atoms with Crippen molar-refractivity contribution in [2.45, 2.75) is 19.8 Å². The maximum absolute atomic E-state index is 10.8. The van der Waals surface area contributed by atoms with Crippen LogP contribution in [0.3, 0.4) is 0 Å². The topological polar surface area (TPSA) is 55.4 Å². The minimum atomic E-state index is -3.12. The van der Waals surface area contributed by atoms with E-state index in [2.05, 4.69) is 11.6 Å². The number of ether oxygens (including phenoxy) is 1. The zero-order valence-corrected chi connectivity index (χ0v) is 11.1. The number of hydrogen-bond donors (Lipinski definition) is 1. The first-order valence-electron chi connectivity index (χ1n) is 5.67. The van der Waals surface area contributed by atoms with Gasteiger partial charge in [-0.05, 0) is 24.1 Å². The highest BCUT2D eigenvalue weighted by molar-refractivity contribution is 7.88. The first-order chi connectivity index (χ1) is 8.01. The summed E-state index contributed by atoms with van der Waals surface area (Å²) in [5.41, 5.74) is 1.29. The van der Waals surface area contributed by atoms with E-state index in [-0.39, 0.29) is 6.54 Å². The van der Waals surface area contributed by atoms with E-state index in [9.17, 15) is 8.42 Å². The highest BCUT2D eigenvalue weighted by Gasteiger charge is 1.99. The molecule has 0 saturated carbocycles. The Hall–Kier alpha value is -1.07. The lowest BCUT2D eigenvalue weighted by Gasteiger charge is -2.07. The van der Waals surface area contributed by atoms with Crippen LogP contribution >= 0.6 is 0 Å². The predicted molar refractivity (Wildman–Crippen MR) is 68.8 cm³/mol. The summed E-state index contributed by atoms with van der Waals surface area (Å²) >= 11 is 0. The molecule has 1 aromatic carbocycles. The van der Waals surface area contributed by atoms with Crippen LogP contribution in [0.2, 0.25) is 0 Å². The van der Waals surface area contributed by atoms with E-state index in [1.165, 1.54) is 5.56 Å². The fourth-order valence-electron chi connectivity index (χ4n) is 1.44. The Morgan fingerprint density at radius 1 is 1.24 bits per heavy atom. The Bertz CT molecular complexity index is 426. The molecule has 0 amide bonds. The summed E-state index contributed by atoms with van der Waals surface area (Å²) in [6.07, 6.45) is 3.32. The van der Waals surface area contributed by atoms with Crippen LogP contribution in [0, 0.1) is 0 Å². The molecule has 0 saturated heterocycles. The van der Waals surface area contributed by atoms with Crippen molar-refractivity contribution < 1.29 is 13.2 Å². The van der Waals surface area contributed by atoms with Crippen molar-refractivity contribution in [3.8, 4) is 5.75 Å². The smallest absolute Gasteiger partial charge is 0.208 e. The van der Waals surface area contributed by atoms with Crippen LogP contribution in [0.5, 0.6) is 5.75 Å². The summed E-state index contributed by atoms with van der Waals surface area (Å²) in [4.78, 5) is 0. The van der Waals surface area contributed by atoms with Gasteiger partial charge in [0.15, 0.2) is 0 Å². The third kappa shape index (κ3) is 6.28. The SMILES string of the molecule is CCCc1ccc(OCCNS(C)(=O)=O)cc1. The number of hydrogen-bond acceptors (Lipinski definition) is 3. The zero-order chi connectivity index (χ0) is 12.7.